The summed E-state index contributed by atoms with van der Waals surface area (Å²) in [5, 5.41) is 0. The summed E-state index contributed by atoms with van der Waals surface area (Å²) in [6, 6.07) is 5.00. The molecule has 0 aliphatic carbocycles. The number of halogens is 1. The third-order valence-electron chi connectivity index (χ3n) is 2.85. The summed E-state index contributed by atoms with van der Waals surface area (Å²) in [5.74, 6) is -0.184. The van der Waals surface area contributed by atoms with Gasteiger partial charge in [-0.1, -0.05) is 6.07 Å². The van der Waals surface area contributed by atoms with Crippen LogP contribution in [0.25, 0.3) is 0 Å². The third kappa shape index (κ3) is 5.29. The van der Waals surface area contributed by atoms with Crippen molar-refractivity contribution in [3.63, 3.8) is 0 Å². The number of nitrogens with two attached hydrogens (primary N) is 1. The van der Waals surface area contributed by atoms with Crippen LogP contribution in [0.2, 0.25) is 0 Å². The minimum atomic E-state index is -0.184. The van der Waals surface area contributed by atoms with Gasteiger partial charge in [-0.15, -0.1) is 0 Å². The SMILES string of the molecule is CCOCCCC(N)Cc1ccc(F)cc1C. The Morgan fingerprint density at radius 2 is 2.18 bits per heavy atom. The van der Waals surface area contributed by atoms with Gasteiger partial charge in [0, 0.05) is 19.3 Å². The molecule has 1 rings (SSSR count). The fraction of sp³-hybridized carbons (Fsp3) is 0.571. The molecule has 2 nitrogen and oxygen atoms in total. The molecular weight excluding hydrogens is 217 g/mol. The first-order valence-electron chi connectivity index (χ1n) is 6.21. The molecular formula is C14H22FNO. The summed E-state index contributed by atoms with van der Waals surface area (Å²) in [6.45, 7) is 5.44. The first-order valence-corrected chi connectivity index (χ1v) is 6.21. The number of rotatable bonds is 7. The molecule has 0 saturated carbocycles. The molecule has 3 heteroatoms. The van der Waals surface area contributed by atoms with E-state index in [1.165, 1.54) is 6.07 Å². The van der Waals surface area contributed by atoms with Gasteiger partial charge in [0.1, 0.15) is 5.82 Å². The predicted octanol–water partition coefficient (Wildman–Crippen LogP) is 2.82. The lowest BCUT2D eigenvalue weighted by molar-refractivity contribution is 0.142. The molecule has 0 aromatic heterocycles. The van der Waals surface area contributed by atoms with Crippen molar-refractivity contribution < 1.29 is 9.13 Å². The summed E-state index contributed by atoms with van der Waals surface area (Å²) in [4.78, 5) is 0. The Kier molecular flexibility index (Phi) is 6.16. The van der Waals surface area contributed by atoms with E-state index in [0.717, 1.165) is 43.6 Å². The first kappa shape index (κ1) is 14.1. The molecule has 0 bridgehead atoms. The minimum absolute atomic E-state index is 0.125. The van der Waals surface area contributed by atoms with Crippen LogP contribution in [0, 0.1) is 12.7 Å². The molecule has 0 spiro atoms. The number of benzene rings is 1. The van der Waals surface area contributed by atoms with Crippen LogP contribution in [-0.2, 0) is 11.2 Å². The molecule has 0 radical (unpaired) electrons. The summed E-state index contributed by atoms with van der Waals surface area (Å²) >= 11 is 0. The molecule has 1 atom stereocenters. The zero-order valence-corrected chi connectivity index (χ0v) is 10.7. The van der Waals surface area contributed by atoms with E-state index in [1.54, 1.807) is 6.07 Å². The maximum atomic E-state index is 12.9. The topological polar surface area (TPSA) is 35.2 Å². The number of aryl methyl sites for hydroxylation is 1. The van der Waals surface area contributed by atoms with Crippen molar-refractivity contribution in [1.29, 1.82) is 0 Å². The van der Waals surface area contributed by atoms with Gasteiger partial charge >= 0.3 is 0 Å². The molecule has 0 amide bonds. The summed E-state index contributed by atoms with van der Waals surface area (Å²) in [6.07, 6.45) is 2.73. The van der Waals surface area contributed by atoms with Crippen LogP contribution >= 0.6 is 0 Å². The van der Waals surface area contributed by atoms with Crippen LogP contribution in [-0.4, -0.2) is 19.3 Å². The lowest BCUT2D eigenvalue weighted by atomic mass is 9.99. The molecule has 0 aliphatic rings. The fourth-order valence-electron chi connectivity index (χ4n) is 1.86. The normalized spacial score (nSPS) is 12.7. The van der Waals surface area contributed by atoms with Crippen LogP contribution in [0.15, 0.2) is 18.2 Å². The van der Waals surface area contributed by atoms with Crippen LogP contribution < -0.4 is 5.73 Å². The highest BCUT2D eigenvalue weighted by Gasteiger charge is 2.07. The molecule has 0 aliphatic heterocycles. The molecule has 96 valence electrons. The molecule has 1 aromatic rings. The van der Waals surface area contributed by atoms with E-state index in [9.17, 15) is 4.39 Å². The predicted molar refractivity (Wildman–Crippen MR) is 68.5 cm³/mol. The average Bonchev–Trinajstić information content (AvgIpc) is 2.28. The zero-order chi connectivity index (χ0) is 12.7. The lowest BCUT2D eigenvalue weighted by Crippen LogP contribution is -2.23. The number of ether oxygens (including phenoxy) is 1. The molecule has 0 fully saturated rings. The van der Waals surface area contributed by atoms with E-state index in [4.69, 9.17) is 10.5 Å². The minimum Gasteiger partial charge on any atom is -0.382 e. The summed E-state index contributed by atoms with van der Waals surface area (Å²) in [7, 11) is 0. The zero-order valence-electron chi connectivity index (χ0n) is 10.7. The average molecular weight is 239 g/mol. The van der Waals surface area contributed by atoms with Gasteiger partial charge in [-0.05, 0) is 56.4 Å². The molecule has 1 unspecified atom stereocenters. The smallest absolute Gasteiger partial charge is 0.123 e. The van der Waals surface area contributed by atoms with Gasteiger partial charge < -0.3 is 10.5 Å². The Labute approximate surface area is 103 Å². The Balaban J connectivity index is 2.37. The van der Waals surface area contributed by atoms with E-state index < -0.39 is 0 Å². The van der Waals surface area contributed by atoms with Gasteiger partial charge in [-0.2, -0.15) is 0 Å². The van der Waals surface area contributed by atoms with Crippen molar-refractivity contribution in [3.8, 4) is 0 Å². The Morgan fingerprint density at radius 3 is 2.82 bits per heavy atom. The maximum Gasteiger partial charge on any atom is 0.123 e. The van der Waals surface area contributed by atoms with Gasteiger partial charge in [0.2, 0.25) is 0 Å². The van der Waals surface area contributed by atoms with Crippen molar-refractivity contribution in [2.24, 2.45) is 5.73 Å². The maximum absolute atomic E-state index is 12.9. The monoisotopic (exact) mass is 239 g/mol. The molecule has 0 heterocycles. The molecule has 0 saturated heterocycles. The van der Waals surface area contributed by atoms with E-state index in [0.29, 0.717) is 0 Å². The number of hydrogen-bond acceptors (Lipinski definition) is 2. The Bertz CT molecular complexity index is 341. The molecule has 2 N–H and O–H groups in total. The van der Waals surface area contributed by atoms with Crippen LogP contribution in [0.1, 0.15) is 30.9 Å². The molecule has 1 aromatic carbocycles. The van der Waals surface area contributed by atoms with Crippen molar-refractivity contribution in [3.05, 3.63) is 35.1 Å². The van der Waals surface area contributed by atoms with Gasteiger partial charge in [-0.25, -0.2) is 4.39 Å². The first-order chi connectivity index (χ1) is 8.13. The van der Waals surface area contributed by atoms with E-state index in [-0.39, 0.29) is 11.9 Å². The highest BCUT2D eigenvalue weighted by molar-refractivity contribution is 5.27. The highest BCUT2D eigenvalue weighted by Crippen LogP contribution is 2.13. The van der Waals surface area contributed by atoms with E-state index in [1.807, 2.05) is 19.9 Å². The number of hydrogen-bond donors (Lipinski definition) is 1. The summed E-state index contributed by atoms with van der Waals surface area (Å²) in [5.41, 5.74) is 8.16. The van der Waals surface area contributed by atoms with Gasteiger partial charge in [0.05, 0.1) is 0 Å². The molecule has 17 heavy (non-hydrogen) atoms. The van der Waals surface area contributed by atoms with Crippen molar-refractivity contribution in [2.45, 2.75) is 39.2 Å². The second-order valence-electron chi connectivity index (χ2n) is 4.37. The van der Waals surface area contributed by atoms with E-state index in [2.05, 4.69) is 0 Å². The third-order valence-corrected chi connectivity index (χ3v) is 2.85. The van der Waals surface area contributed by atoms with Crippen molar-refractivity contribution in [2.75, 3.05) is 13.2 Å². The second kappa shape index (κ2) is 7.41. The highest BCUT2D eigenvalue weighted by atomic mass is 19.1. The van der Waals surface area contributed by atoms with Crippen molar-refractivity contribution in [1.82, 2.24) is 0 Å². The van der Waals surface area contributed by atoms with Gasteiger partial charge in [0.15, 0.2) is 0 Å². The van der Waals surface area contributed by atoms with Crippen molar-refractivity contribution >= 4 is 0 Å². The summed E-state index contributed by atoms with van der Waals surface area (Å²) < 4.78 is 18.2. The Morgan fingerprint density at radius 1 is 1.41 bits per heavy atom. The van der Waals surface area contributed by atoms with Crippen LogP contribution in [0.3, 0.4) is 0 Å². The standard InChI is InChI=1S/C14H22FNO/c1-3-17-8-4-5-14(16)10-12-6-7-13(15)9-11(12)2/h6-7,9,14H,3-5,8,10,16H2,1-2H3. The largest absolute Gasteiger partial charge is 0.382 e. The Hall–Kier alpha value is -0.930. The van der Waals surface area contributed by atoms with E-state index >= 15 is 0 Å². The van der Waals surface area contributed by atoms with Crippen LogP contribution in [0.5, 0.6) is 0 Å². The fourth-order valence-corrected chi connectivity index (χ4v) is 1.86. The van der Waals surface area contributed by atoms with Gasteiger partial charge in [-0.3, -0.25) is 0 Å². The second-order valence-corrected chi connectivity index (χ2v) is 4.37. The van der Waals surface area contributed by atoms with Crippen LogP contribution in [0.4, 0.5) is 4.39 Å². The quantitative estimate of drug-likeness (QED) is 0.743. The lowest BCUT2D eigenvalue weighted by Gasteiger charge is -2.13. The van der Waals surface area contributed by atoms with Gasteiger partial charge in [0.25, 0.3) is 0 Å².